The molecule has 1 amide bonds. The van der Waals surface area contributed by atoms with E-state index >= 15 is 0 Å². The van der Waals surface area contributed by atoms with Crippen LogP contribution in [0.1, 0.15) is 16.1 Å². The van der Waals surface area contributed by atoms with Crippen LogP contribution >= 0.6 is 27.3 Å². The Morgan fingerprint density at radius 3 is 2.71 bits per heavy atom. The van der Waals surface area contributed by atoms with Gasteiger partial charge in [0.15, 0.2) is 0 Å². The van der Waals surface area contributed by atoms with E-state index in [2.05, 4.69) is 21.2 Å². The molecule has 0 atom stereocenters. The number of rotatable bonds is 4. The van der Waals surface area contributed by atoms with Crippen molar-refractivity contribution < 1.29 is 14.7 Å². The van der Waals surface area contributed by atoms with Gasteiger partial charge in [0.2, 0.25) is 5.91 Å². The molecule has 1 heterocycles. The van der Waals surface area contributed by atoms with Gasteiger partial charge in [0.05, 0.1) is 11.3 Å². The average molecular weight is 371 g/mol. The number of aryl methyl sites for hydroxylation is 1. The largest absolute Gasteiger partial charge is 0.478 e. The van der Waals surface area contributed by atoms with Crippen molar-refractivity contribution in [2.24, 2.45) is 0 Å². The van der Waals surface area contributed by atoms with Crippen LogP contribution in [0.5, 0.6) is 0 Å². The maximum Gasteiger partial charge on any atom is 0.337 e. The van der Waals surface area contributed by atoms with Crippen LogP contribution in [0.3, 0.4) is 0 Å². The molecule has 0 fully saturated rings. The van der Waals surface area contributed by atoms with Crippen LogP contribution in [-0.4, -0.2) is 21.6 Å². The molecule has 0 bridgehead atoms. The van der Waals surface area contributed by atoms with Crippen molar-refractivity contribution in [3.05, 3.63) is 49.0 Å². The first kappa shape index (κ1) is 15.5. The van der Waals surface area contributed by atoms with Crippen molar-refractivity contribution in [2.75, 3.05) is 5.32 Å². The summed E-state index contributed by atoms with van der Waals surface area (Å²) in [6.07, 6.45) is 0. The van der Waals surface area contributed by atoms with Crippen LogP contribution in [0.4, 0.5) is 5.69 Å². The molecule has 2 aromatic rings. The smallest absolute Gasteiger partial charge is 0.337 e. The van der Waals surface area contributed by atoms with E-state index in [9.17, 15) is 14.4 Å². The van der Waals surface area contributed by atoms with Crippen molar-refractivity contribution in [1.29, 1.82) is 0 Å². The number of hydrogen-bond donors (Lipinski definition) is 2. The molecule has 1 aromatic heterocycles. The Labute approximate surface area is 132 Å². The van der Waals surface area contributed by atoms with Gasteiger partial charge < -0.3 is 10.4 Å². The molecule has 1 aromatic carbocycles. The number of carboxylic acid groups (broad SMARTS) is 1. The normalized spacial score (nSPS) is 10.4. The first-order valence-corrected chi connectivity index (χ1v) is 7.53. The zero-order chi connectivity index (χ0) is 15.6. The summed E-state index contributed by atoms with van der Waals surface area (Å²) < 4.78 is 1.98. The molecule has 0 aliphatic rings. The fourth-order valence-corrected chi connectivity index (χ4v) is 2.83. The Bertz CT molecular complexity index is 766. The number of carboxylic acids is 1. The topological polar surface area (TPSA) is 88.4 Å². The zero-order valence-corrected chi connectivity index (χ0v) is 13.3. The predicted molar refractivity (Wildman–Crippen MR) is 83.0 cm³/mol. The summed E-state index contributed by atoms with van der Waals surface area (Å²) in [6, 6.07) is 4.47. The zero-order valence-electron chi connectivity index (χ0n) is 10.9. The van der Waals surface area contributed by atoms with Crippen molar-refractivity contribution in [1.82, 2.24) is 4.57 Å². The third kappa shape index (κ3) is 3.59. The number of carbonyl (C=O) groups is 2. The fraction of sp³-hybridized carbons (Fsp3) is 0.154. The predicted octanol–water partition coefficient (Wildman–Crippen LogP) is 2.32. The lowest BCUT2D eigenvalue weighted by molar-refractivity contribution is -0.116. The third-order valence-corrected chi connectivity index (χ3v) is 4.14. The molecule has 21 heavy (non-hydrogen) atoms. The number of anilines is 1. The second-order valence-corrected chi connectivity index (χ2v) is 6.01. The third-order valence-electron chi connectivity index (χ3n) is 2.76. The SMILES string of the molecule is Cc1csc(=O)n1CC(=O)Nc1cc(Br)ccc1C(=O)O. The second-order valence-electron chi connectivity index (χ2n) is 4.27. The van der Waals surface area contributed by atoms with Gasteiger partial charge in [-0.3, -0.25) is 14.2 Å². The Morgan fingerprint density at radius 1 is 1.43 bits per heavy atom. The molecule has 0 unspecified atom stereocenters. The van der Waals surface area contributed by atoms with Crippen LogP contribution in [0, 0.1) is 6.92 Å². The van der Waals surface area contributed by atoms with E-state index in [1.54, 1.807) is 18.4 Å². The van der Waals surface area contributed by atoms with Gasteiger partial charge in [-0.15, -0.1) is 0 Å². The standard InChI is InChI=1S/C13H11BrN2O4S/c1-7-6-21-13(20)16(7)5-11(17)15-10-4-8(14)2-3-9(10)12(18)19/h2-4,6H,5H2,1H3,(H,15,17)(H,18,19). The lowest BCUT2D eigenvalue weighted by Crippen LogP contribution is -2.25. The molecular formula is C13H11BrN2O4S. The van der Waals surface area contributed by atoms with E-state index in [-0.39, 0.29) is 22.7 Å². The summed E-state index contributed by atoms with van der Waals surface area (Å²) in [5, 5.41) is 13.3. The molecule has 0 aliphatic carbocycles. The Kier molecular flexibility index (Phi) is 4.59. The molecule has 0 spiro atoms. The molecule has 0 saturated heterocycles. The summed E-state index contributed by atoms with van der Waals surface area (Å²) in [5.41, 5.74) is 0.858. The Balaban J connectivity index is 2.22. The number of aromatic nitrogens is 1. The average Bonchev–Trinajstić information content (AvgIpc) is 2.70. The first-order chi connectivity index (χ1) is 9.88. The molecule has 0 aliphatic heterocycles. The molecule has 0 radical (unpaired) electrons. The highest BCUT2D eigenvalue weighted by atomic mass is 79.9. The molecule has 110 valence electrons. The van der Waals surface area contributed by atoms with Crippen LogP contribution in [0.25, 0.3) is 0 Å². The van der Waals surface area contributed by atoms with Gasteiger partial charge in [-0.05, 0) is 25.1 Å². The van der Waals surface area contributed by atoms with Gasteiger partial charge in [0, 0.05) is 15.5 Å². The summed E-state index contributed by atoms with van der Waals surface area (Å²) in [4.78, 5) is 34.4. The maximum absolute atomic E-state index is 12.0. The van der Waals surface area contributed by atoms with Crippen molar-refractivity contribution >= 4 is 44.8 Å². The van der Waals surface area contributed by atoms with Crippen LogP contribution < -0.4 is 10.2 Å². The van der Waals surface area contributed by atoms with Gasteiger partial charge in [-0.1, -0.05) is 27.3 Å². The van der Waals surface area contributed by atoms with Gasteiger partial charge >= 0.3 is 10.8 Å². The molecular weight excluding hydrogens is 360 g/mol. The quantitative estimate of drug-likeness (QED) is 0.864. The van der Waals surface area contributed by atoms with E-state index in [0.29, 0.717) is 10.2 Å². The Hall–Kier alpha value is -1.93. The molecule has 2 rings (SSSR count). The van der Waals surface area contributed by atoms with Crippen LogP contribution in [0.2, 0.25) is 0 Å². The minimum atomic E-state index is -1.14. The number of aromatic carboxylic acids is 1. The number of benzene rings is 1. The number of nitrogens with zero attached hydrogens (tertiary/aromatic N) is 1. The summed E-state index contributed by atoms with van der Waals surface area (Å²) >= 11 is 4.24. The summed E-state index contributed by atoms with van der Waals surface area (Å²) in [6.45, 7) is 1.58. The van der Waals surface area contributed by atoms with Crippen molar-refractivity contribution in [3.63, 3.8) is 0 Å². The van der Waals surface area contributed by atoms with E-state index in [1.807, 2.05) is 0 Å². The second kappa shape index (κ2) is 6.23. The molecule has 8 heteroatoms. The van der Waals surface area contributed by atoms with E-state index in [4.69, 9.17) is 5.11 Å². The van der Waals surface area contributed by atoms with Crippen molar-refractivity contribution in [2.45, 2.75) is 13.5 Å². The van der Waals surface area contributed by atoms with Gasteiger partial charge in [-0.25, -0.2) is 4.79 Å². The van der Waals surface area contributed by atoms with E-state index in [1.165, 1.54) is 16.7 Å². The molecule has 6 nitrogen and oxygen atoms in total. The number of thiazole rings is 1. The highest BCUT2D eigenvalue weighted by Gasteiger charge is 2.14. The lowest BCUT2D eigenvalue weighted by Gasteiger charge is -2.10. The monoisotopic (exact) mass is 370 g/mol. The number of hydrogen-bond acceptors (Lipinski definition) is 4. The minimum Gasteiger partial charge on any atom is -0.478 e. The molecule has 0 saturated carbocycles. The first-order valence-electron chi connectivity index (χ1n) is 5.86. The minimum absolute atomic E-state index is 0.0130. The lowest BCUT2D eigenvalue weighted by atomic mass is 10.2. The molecule has 2 N–H and O–H groups in total. The summed E-state index contributed by atoms with van der Waals surface area (Å²) in [7, 11) is 0. The van der Waals surface area contributed by atoms with Crippen molar-refractivity contribution in [3.8, 4) is 0 Å². The number of carbonyl (C=O) groups excluding carboxylic acids is 1. The maximum atomic E-state index is 12.0. The summed E-state index contributed by atoms with van der Waals surface area (Å²) in [5.74, 6) is -1.60. The van der Waals surface area contributed by atoms with Gasteiger partial charge in [-0.2, -0.15) is 0 Å². The van der Waals surface area contributed by atoms with Crippen LogP contribution in [0.15, 0.2) is 32.8 Å². The highest BCUT2D eigenvalue weighted by molar-refractivity contribution is 9.10. The van der Waals surface area contributed by atoms with E-state index < -0.39 is 11.9 Å². The fourth-order valence-electron chi connectivity index (χ4n) is 1.74. The number of amides is 1. The van der Waals surface area contributed by atoms with Crippen LogP contribution in [-0.2, 0) is 11.3 Å². The highest BCUT2D eigenvalue weighted by Crippen LogP contribution is 2.21. The number of halogens is 1. The van der Waals surface area contributed by atoms with Gasteiger partial charge in [0.1, 0.15) is 6.54 Å². The van der Waals surface area contributed by atoms with Gasteiger partial charge in [0.25, 0.3) is 0 Å². The van der Waals surface area contributed by atoms with E-state index in [0.717, 1.165) is 11.3 Å². The number of nitrogens with one attached hydrogen (secondary N) is 1. The Morgan fingerprint density at radius 2 is 2.14 bits per heavy atom.